The number of para-hydroxylation sites is 2. The van der Waals surface area contributed by atoms with Gasteiger partial charge in [-0.15, -0.1) is 0 Å². The Hall–Kier alpha value is -3.28. The van der Waals surface area contributed by atoms with Crippen LogP contribution < -0.4 is 14.8 Å². The van der Waals surface area contributed by atoms with Crippen LogP contribution in [0.15, 0.2) is 54.9 Å². The molecule has 2 aromatic carbocycles. The summed E-state index contributed by atoms with van der Waals surface area (Å²) < 4.78 is 13.4. The Morgan fingerprint density at radius 3 is 2.81 bits per heavy atom. The standard InChI is InChI=1S/C21H21N3O3/c1-14-7-8-16(9-15(14)2)21(25)23-17-10-22-24(11-17)12-18-13-26-19-5-3-4-6-20(19)27-18/h3-11,18H,12-13H2,1-2H3,(H,23,25). The third-order valence-electron chi connectivity index (χ3n) is 4.62. The molecule has 27 heavy (non-hydrogen) atoms. The zero-order valence-corrected chi connectivity index (χ0v) is 15.3. The number of fused-ring (bicyclic) bond motifs is 1. The summed E-state index contributed by atoms with van der Waals surface area (Å²) in [6.07, 6.45) is 3.29. The fourth-order valence-electron chi connectivity index (χ4n) is 2.98. The fourth-order valence-corrected chi connectivity index (χ4v) is 2.98. The van der Waals surface area contributed by atoms with Crippen molar-refractivity contribution in [1.29, 1.82) is 0 Å². The number of nitrogens with zero attached hydrogens (tertiary/aromatic N) is 2. The predicted octanol–water partition coefficient (Wildman–Crippen LogP) is 3.59. The average Bonchev–Trinajstić information content (AvgIpc) is 3.10. The van der Waals surface area contributed by atoms with E-state index in [0.717, 1.165) is 22.6 Å². The summed E-state index contributed by atoms with van der Waals surface area (Å²) in [5.41, 5.74) is 3.53. The van der Waals surface area contributed by atoms with Gasteiger partial charge in [-0.2, -0.15) is 5.10 Å². The van der Waals surface area contributed by atoms with E-state index in [1.165, 1.54) is 0 Å². The molecule has 1 aliphatic rings. The van der Waals surface area contributed by atoms with E-state index in [2.05, 4.69) is 10.4 Å². The highest BCUT2D eigenvalue weighted by Gasteiger charge is 2.21. The number of nitrogens with one attached hydrogen (secondary N) is 1. The number of anilines is 1. The Bertz CT molecular complexity index is 980. The van der Waals surface area contributed by atoms with Gasteiger partial charge in [-0.05, 0) is 49.2 Å². The SMILES string of the molecule is Cc1ccc(C(=O)Nc2cnn(CC3COc4ccccc4O3)c2)cc1C. The number of ether oxygens (including phenoxy) is 2. The zero-order valence-electron chi connectivity index (χ0n) is 15.3. The lowest BCUT2D eigenvalue weighted by Gasteiger charge is -2.26. The Kier molecular flexibility index (Phi) is 4.54. The van der Waals surface area contributed by atoms with Crippen molar-refractivity contribution in [2.45, 2.75) is 26.5 Å². The van der Waals surface area contributed by atoms with Gasteiger partial charge in [-0.3, -0.25) is 9.48 Å². The molecule has 0 fully saturated rings. The molecule has 0 saturated carbocycles. The van der Waals surface area contributed by atoms with Crippen LogP contribution in [0, 0.1) is 13.8 Å². The van der Waals surface area contributed by atoms with E-state index in [4.69, 9.17) is 9.47 Å². The third kappa shape index (κ3) is 3.79. The molecule has 1 atom stereocenters. The smallest absolute Gasteiger partial charge is 0.255 e. The molecule has 0 aliphatic carbocycles. The molecule has 2 heterocycles. The second kappa shape index (κ2) is 7.15. The number of hydrogen-bond acceptors (Lipinski definition) is 4. The molecule has 3 aromatic rings. The molecule has 1 amide bonds. The van der Waals surface area contributed by atoms with Crippen molar-refractivity contribution in [2.24, 2.45) is 0 Å². The molecule has 6 heteroatoms. The first-order chi connectivity index (χ1) is 13.1. The quantitative estimate of drug-likeness (QED) is 0.769. The summed E-state index contributed by atoms with van der Waals surface area (Å²) in [7, 11) is 0. The minimum atomic E-state index is -0.149. The summed E-state index contributed by atoms with van der Waals surface area (Å²) in [4.78, 5) is 12.4. The van der Waals surface area contributed by atoms with Crippen molar-refractivity contribution in [3.05, 3.63) is 71.5 Å². The van der Waals surface area contributed by atoms with Crippen molar-refractivity contribution in [3.63, 3.8) is 0 Å². The highest BCUT2D eigenvalue weighted by molar-refractivity contribution is 6.04. The van der Waals surface area contributed by atoms with Gasteiger partial charge in [0.15, 0.2) is 17.6 Å². The highest BCUT2D eigenvalue weighted by atomic mass is 16.6. The van der Waals surface area contributed by atoms with E-state index < -0.39 is 0 Å². The number of aromatic nitrogens is 2. The summed E-state index contributed by atoms with van der Waals surface area (Å²) in [6.45, 7) is 5.01. The maximum Gasteiger partial charge on any atom is 0.255 e. The maximum absolute atomic E-state index is 12.4. The Morgan fingerprint density at radius 2 is 2.00 bits per heavy atom. The van der Waals surface area contributed by atoms with E-state index in [1.807, 2.05) is 56.3 Å². The van der Waals surface area contributed by atoms with E-state index in [-0.39, 0.29) is 12.0 Å². The predicted molar refractivity (Wildman–Crippen MR) is 102 cm³/mol. The van der Waals surface area contributed by atoms with Gasteiger partial charge >= 0.3 is 0 Å². The molecular weight excluding hydrogens is 342 g/mol. The van der Waals surface area contributed by atoms with Crippen molar-refractivity contribution < 1.29 is 14.3 Å². The summed E-state index contributed by atoms with van der Waals surface area (Å²) in [6, 6.07) is 13.3. The lowest BCUT2D eigenvalue weighted by molar-refractivity contribution is 0.0759. The molecule has 0 bridgehead atoms. The number of benzene rings is 2. The number of rotatable bonds is 4. The lowest BCUT2D eigenvalue weighted by Crippen LogP contribution is -2.33. The van der Waals surface area contributed by atoms with Crippen LogP contribution in [-0.2, 0) is 6.54 Å². The summed E-state index contributed by atoms with van der Waals surface area (Å²) >= 11 is 0. The molecule has 0 saturated heterocycles. The van der Waals surface area contributed by atoms with Crippen LogP contribution in [0.1, 0.15) is 21.5 Å². The lowest BCUT2D eigenvalue weighted by atomic mass is 10.1. The van der Waals surface area contributed by atoms with Crippen LogP contribution in [0.3, 0.4) is 0 Å². The van der Waals surface area contributed by atoms with Gasteiger partial charge in [0.2, 0.25) is 0 Å². The fraction of sp³-hybridized carbons (Fsp3) is 0.238. The van der Waals surface area contributed by atoms with Gasteiger partial charge in [0.25, 0.3) is 5.91 Å². The van der Waals surface area contributed by atoms with Gasteiger partial charge in [0, 0.05) is 11.8 Å². The monoisotopic (exact) mass is 363 g/mol. The van der Waals surface area contributed by atoms with Crippen LogP contribution in [0.2, 0.25) is 0 Å². The van der Waals surface area contributed by atoms with Crippen molar-refractivity contribution in [3.8, 4) is 11.5 Å². The van der Waals surface area contributed by atoms with E-state index >= 15 is 0 Å². The van der Waals surface area contributed by atoms with E-state index in [1.54, 1.807) is 17.1 Å². The number of hydrogen-bond donors (Lipinski definition) is 1. The van der Waals surface area contributed by atoms with Crippen LogP contribution in [-0.4, -0.2) is 28.4 Å². The van der Waals surface area contributed by atoms with Gasteiger partial charge < -0.3 is 14.8 Å². The van der Waals surface area contributed by atoms with Crippen LogP contribution in [0.5, 0.6) is 11.5 Å². The maximum atomic E-state index is 12.4. The molecule has 1 aliphatic heterocycles. The number of aryl methyl sites for hydroxylation is 2. The van der Waals surface area contributed by atoms with Crippen molar-refractivity contribution in [1.82, 2.24) is 9.78 Å². The molecule has 0 spiro atoms. The van der Waals surface area contributed by atoms with E-state index in [9.17, 15) is 4.79 Å². The molecule has 4 rings (SSSR count). The first kappa shape index (κ1) is 17.1. The van der Waals surface area contributed by atoms with Crippen LogP contribution in [0.25, 0.3) is 0 Å². The van der Waals surface area contributed by atoms with Gasteiger partial charge in [0.05, 0.1) is 18.4 Å². The molecule has 1 N–H and O–H groups in total. The van der Waals surface area contributed by atoms with E-state index in [0.29, 0.717) is 24.4 Å². The first-order valence-electron chi connectivity index (χ1n) is 8.88. The normalized spacial score (nSPS) is 15.4. The molecule has 138 valence electrons. The molecule has 1 unspecified atom stereocenters. The number of carbonyl (C=O) groups excluding carboxylic acids is 1. The topological polar surface area (TPSA) is 65.4 Å². The minimum Gasteiger partial charge on any atom is -0.486 e. The van der Waals surface area contributed by atoms with Crippen LogP contribution in [0.4, 0.5) is 5.69 Å². The third-order valence-corrected chi connectivity index (χ3v) is 4.62. The molecule has 6 nitrogen and oxygen atoms in total. The molecule has 0 radical (unpaired) electrons. The molecule has 1 aromatic heterocycles. The highest BCUT2D eigenvalue weighted by Crippen LogP contribution is 2.31. The number of carbonyl (C=O) groups is 1. The van der Waals surface area contributed by atoms with Crippen molar-refractivity contribution in [2.75, 3.05) is 11.9 Å². The first-order valence-corrected chi connectivity index (χ1v) is 8.88. The Morgan fingerprint density at radius 1 is 1.19 bits per heavy atom. The average molecular weight is 363 g/mol. The Labute approximate surface area is 157 Å². The van der Waals surface area contributed by atoms with Gasteiger partial charge in [0.1, 0.15) is 6.61 Å². The largest absolute Gasteiger partial charge is 0.486 e. The van der Waals surface area contributed by atoms with Crippen LogP contribution >= 0.6 is 0 Å². The zero-order chi connectivity index (χ0) is 18.8. The minimum absolute atomic E-state index is 0.136. The van der Waals surface area contributed by atoms with Gasteiger partial charge in [-0.1, -0.05) is 18.2 Å². The van der Waals surface area contributed by atoms with Gasteiger partial charge in [-0.25, -0.2) is 0 Å². The second-order valence-corrected chi connectivity index (χ2v) is 6.70. The summed E-state index contributed by atoms with van der Waals surface area (Å²) in [5, 5.41) is 7.19. The molecular formula is C21H21N3O3. The number of amides is 1. The second-order valence-electron chi connectivity index (χ2n) is 6.70. The summed E-state index contributed by atoms with van der Waals surface area (Å²) in [5.74, 6) is 1.35. The Balaban J connectivity index is 1.39. The van der Waals surface area contributed by atoms with Crippen molar-refractivity contribution >= 4 is 11.6 Å².